The van der Waals surface area contributed by atoms with E-state index < -0.39 is 0 Å². The van der Waals surface area contributed by atoms with Crippen LogP contribution in [0.3, 0.4) is 0 Å². The van der Waals surface area contributed by atoms with E-state index in [-0.39, 0.29) is 36.8 Å². The highest BCUT2D eigenvalue weighted by Gasteiger charge is 2.28. The number of carbonyl (C=O) groups excluding carboxylic acids is 2. The average Bonchev–Trinajstić information content (AvgIpc) is 3.42. The summed E-state index contributed by atoms with van der Waals surface area (Å²) < 4.78 is 21.3. The molecule has 7 heteroatoms. The predicted molar refractivity (Wildman–Crippen MR) is 155 cm³/mol. The molecule has 214 valence electrons. The molecule has 40 heavy (non-hydrogen) atoms. The Hall–Kier alpha value is -3.45. The lowest BCUT2D eigenvalue weighted by Gasteiger charge is -2.36. The van der Waals surface area contributed by atoms with E-state index in [4.69, 9.17) is 4.74 Å². The van der Waals surface area contributed by atoms with Gasteiger partial charge in [-0.15, -0.1) is 0 Å². The molecule has 1 aliphatic rings. The third kappa shape index (κ3) is 8.78. The van der Waals surface area contributed by atoms with E-state index in [1.807, 2.05) is 53.6 Å². The number of unbranched alkanes of at least 4 members (excludes halogenated alkanes) is 1. The normalized spacial score (nSPS) is 13.8. The number of benzene rings is 2. The monoisotopic (exact) mass is 547 g/mol. The van der Waals surface area contributed by atoms with E-state index in [0.29, 0.717) is 26.2 Å². The first-order chi connectivity index (χ1) is 19.5. The van der Waals surface area contributed by atoms with Crippen LogP contribution in [0.15, 0.2) is 72.9 Å². The second-order valence-corrected chi connectivity index (χ2v) is 10.7. The van der Waals surface area contributed by atoms with Gasteiger partial charge in [-0.3, -0.25) is 9.59 Å². The van der Waals surface area contributed by atoms with Crippen molar-refractivity contribution in [3.05, 3.63) is 95.6 Å². The summed E-state index contributed by atoms with van der Waals surface area (Å²) in [5, 5.41) is 0. The first kappa shape index (κ1) is 29.5. The fourth-order valence-corrected chi connectivity index (χ4v) is 5.34. The van der Waals surface area contributed by atoms with Crippen LogP contribution in [0.1, 0.15) is 68.7 Å². The minimum absolute atomic E-state index is 0.0195. The molecule has 0 saturated heterocycles. The number of halogens is 1. The predicted octanol–water partition coefficient (Wildman–Crippen LogP) is 6.18. The van der Waals surface area contributed by atoms with Crippen LogP contribution < -0.4 is 0 Å². The maximum atomic E-state index is 13.9. The summed E-state index contributed by atoms with van der Waals surface area (Å²) in [6.45, 7) is 4.09. The fraction of sp³-hybridized carbons (Fsp3) is 0.455. The van der Waals surface area contributed by atoms with Crippen molar-refractivity contribution < 1.29 is 18.7 Å². The molecule has 1 aliphatic carbocycles. The SMILES string of the molecule is CCCCN(CC(=O)N(Cc1cccn1Cc1ccc(F)cc1)C1CCCCC1)C(=O)COCc1ccccc1. The Labute approximate surface area is 237 Å². The summed E-state index contributed by atoms with van der Waals surface area (Å²) >= 11 is 0. The summed E-state index contributed by atoms with van der Waals surface area (Å²) in [5.74, 6) is -0.423. The van der Waals surface area contributed by atoms with Crippen molar-refractivity contribution in [3.63, 3.8) is 0 Å². The van der Waals surface area contributed by atoms with E-state index in [9.17, 15) is 14.0 Å². The number of aromatic nitrogens is 1. The number of hydrogen-bond donors (Lipinski definition) is 0. The molecule has 1 heterocycles. The van der Waals surface area contributed by atoms with Crippen molar-refractivity contribution in [2.75, 3.05) is 19.7 Å². The van der Waals surface area contributed by atoms with Crippen LogP contribution in [0.4, 0.5) is 4.39 Å². The Morgan fingerprint density at radius 2 is 1.68 bits per heavy atom. The molecule has 0 unspecified atom stereocenters. The van der Waals surface area contributed by atoms with Crippen LogP contribution in [-0.4, -0.2) is 51.9 Å². The zero-order valence-corrected chi connectivity index (χ0v) is 23.6. The van der Waals surface area contributed by atoms with Crippen LogP contribution >= 0.6 is 0 Å². The maximum absolute atomic E-state index is 13.9. The second kappa shape index (κ2) is 15.4. The van der Waals surface area contributed by atoms with Crippen LogP contribution in [0.5, 0.6) is 0 Å². The average molecular weight is 548 g/mol. The molecule has 6 nitrogen and oxygen atoms in total. The number of nitrogens with zero attached hydrogens (tertiary/aromatic N) is 3. The molecule has 0 spiro atoms. The molecular formula is C33H42FN3O3. The van der Waals surface area contributed by atoms with Crippen LogP contribution in [0, 0.1) is 5.82 Å². The third-order valence-electron chi connectivity index (χ3n) is 7.66. The topological polar surface area (TPSA) is 54.8 Å². The lowest BCUT2D eigenvalue weighted by molar-refractivity contribution is -0.145. The minimum Gasteiger partial charge on any atom is -0.367 e. The van der Waals surface area contributed by atoms with E-state index >= 15 is 0 Å². The van der Waals surface area contributed by atoms with Gasteiger partial charge in [0.1, 0.15) is 12.4 Å². The molecule has 1 saturated carbocycles. The van der Waals surface area contributed by atoms with E-state index in [2.05, 4.69) is 11.5 Å². The van der Waals surface area contributed by atoms with Crippen molar-refractivity contribution in [2.45, 2.75) is 77.6 Å². The summed E-state index contributed by atoms with van der Waals surface area (Å²) in [5.41, 5.74) is 3.04. The van der Waals surface area contributed by atoms with Crippen molar-refractivity contribution in [3.8, 4) is 0 Å². The summed E-state index contributed by atoms with van der Waals surface area (Å²) in [6, 6.07) is 20.5. The highest BCUT2D eigenvalue weighted by Crippen LogP contribution is 2.25. The van der Waals surface area contributed by atoms with Crippen LogP contribution in [0.2, 0.25) is 0 Å². The zero-order valence-electron chi connectivity index (χ0n) is 23.6. The first-order valence-electron chi connectivity index (χ1n) is 14.6. The van der Waals surface area contributed by atoms with Gasteiger partial charge >= 0.3 is 0 Å². The molecule has 1 fully saturated rings. The lowest BCUT2D eigenvalue weighted by Crippen LogP contribution is -2.48. The lowest BCUT2D eigenvalue weighted by atomic mass is 9.94. The number of ether oxygens (including phenoxy) is 1. The van der Waals surface area contributed by atoms with Gasteiger partial charge in [-0.2, -0.15) is 0 Å². The Morgan fingerprint density at radius 3 is 2.40 bits per heavy atom. The summed E-state index contributed by atoms with van der Waals surface area (Å²) in [6.07, 6.45) is 9.14. The molecule has 2 amide bonds. The number of hydrogen-bond acceptors (Lipinski definition) is 3. The molecule has 0 aliphatic heterocycles. The van der Waals surface area contributed by atoms with Crippen molar-refractivity contribution in [1.82, 2.24) is 14.4 Å². The molecule has 0 bridgehead atoms. The van der Waals surface area contributed by atoms with Gasteiger partial charge in [-0.1, -0.05) is 75.1 Å². The molecule has 4 rings (SSSR count). The minimum atomic E-state index is -0.252. The van der Waals surface area contributed by atoms with Gasteiger partial charge in [0.25, 0.3) is 0 Å². The smallest absolute Gasteiger partial charge is 0.249 e. The third-order valence-corrected chi connectivity index (χ3v) is 7.66. The maximum Gasteiger partial charge on any atom is 0.249 e. The zero-order chi connectivity index (χ0) is 28.2. The summed E-state index contributed by atoms with van der Waals surface area (Å²) in [4.78, 5) is 30.7. The van der Waals surface area contributed by atoms with Crippen molar-refractivity contribution >= 4 is 11.8 Å². The number of rotatable bonds is 14. The number of amides is 2. The molecule has 2 aromatic carbocycles. The Morgan fingerprint density at radius 1 is 0.925 bits per heavy atom. The van der Waals surface area contributed by atoms with Crippen LogP contribution in [0.25, 0.3) is 0 Å². The fourth-order valence-electron chi connectivity index (χ4n) is 5.34. The van der Waals surface area contributed by atoms with Crippen molar-refractivity contribution in [1.29, 1.82) is 0 Å². The Kier molecular flexibility index (Phi) is 11.3. The Bertz CT molecular complexity index is 1190. The molecule has 3 aromatic rings. The van der Waals surface area contributed by atoms with Gasteiger partial charge in [0.05, 0.1) is 19.7 Å². The quantitative estimate of drug-likeness (QED) is 0.242. The van der Waals surface area contributed by atoms with E-state index in [1.165, 1.54) is 18.6 Å². The highest BCUT2D eigenvalue weighted by molar-refractivity contribution is 5.85. The molecule has 0 radical (unpaired) electrons. The van der Waals surface area contributed by atoms with Crippen LogP contribution in [-0.2, 0) is 34.0 Å². The van der Waals surface area contributed by atoms with Gasteiger partial charge in [-0.25, -0.2) is 4.39 Å². The van der Waals surface area contributed by atoms with Gasteiger partial charge in [0.15, 0.2) is 0 Å². The van der Waals surface area contributed by atoms with Gasteiger partial charge < -0.3 is 19.1 Å². The molecular weight excluding hydrogens is 505 g/mol. The van der Waals surface area contributed by atoms with Crippen molar-refractivity contribution in [2.24, 2.45) is 0 Å². The molecule has 0 N–H and O–H groups in total. The van der Waals surface area contributed by atoms with Gasteiger partial charge in [0, 0.05) is 31.0 Å². The van der Waals surface area contributed by atoms with E-state index in [1.54, 1.807) is 17.0 Å². The largest absolute Gasteiger partial charge is 0.367 e. The standard InChI is InChI=1S/C33H42FN3O3/c1-2-3-20-36(33(39)26-40-25-28-11-6-4-7-12-28)24-32(38)37(30-13-8-5-9-14-30)23-31-15-10-21-35(31)22-27-16-18-29(34)19-17-27/h4,6-7,10-12,15-19,21,30H,2-3,5,8-9,13-14,20,22-26H2,1H3. The Balaban J connectivity index is 1.44. The van der Waals surface area contributed by atoms with Gasteiger partial charge in [-0.05, 0) is 54.7 Å². The molecule has 1 aromatic heterocycles. The molecule has 0 atom stereocenters. The second-order valence-electron chi connectivity index (χ2n) is 10.7. The first-order valence-corrected chi connectivity index (χ1v) is 14.6. The number of carbonyl (C=O) groups is 2. The highest BCUT2D eigenvalue weighted by atomic mass is 19.1. The van der Waals surface area contributed by atoms with Gasteiger partial charge in [0.2, 0.25) is 11.8 Å². The van der Waals surface area contributed by atoms with E-state index in [0.717, 1.165) is 55.3 Å². The summed E-state index contributed by atoms with van der Waals surface area (Å²) in [7, 11) is 0.